The van der Waals surface area contributed by atoms with Crippen LogP contribution in [0.3, 0.4) is 0 Å². The fourth-order valence-corrected chi connectivity index (χ4v) is 2.65. The van der Waals surface area contributed by atoms with E-state index in [2.05, 4.69) is 5.32 Å². The van der Waals surface area contributed by atoms with Gasteiger partial charge in [0.05, 0.1) is 25.1 Å². The maximum atomic E-state index is 12.1. The van der Waals surface area contributed by atoms with Gasteiger partial charge in [0.2, 0.25) is 0 Å². The number of carbonyl (C=O) groups excluding carboxylic acids is 1. The number of nitrogens with one attached hydrogen (secondary N) is 1. The van der Waals surface area contributed by atoms with Crippen LogP contribution in [0.25, 0.3) is 0 Å². The van der Waals surface area contributed by atoms with Gasteiger partial charge >= 0.3 is 12.1 Å². The van der Waals surface area contributed by atoms with Crippen LogP contribution in [0.2, 0.25) is 0 Å². The third kappa shape index (κ3) is 5.98. The molecular formula is C19H25NO6. The predicted molar refractivity (Wildman–Crippen MR) is 93.9 cm³/mol. The molecule has 2 heterocycles. The minimum absolute atomic E-state index is 0.149. The van der Waals surface area contributed by atoms with E-state index in [1.54, 1.807) is 25.1 Å². The maximum absolute atomic E-state index is 12.1. The molecule has 2 N–H and O–H groups in total. The van der Waals surface area contributed by atoms with Gasteiger partial charge in [0.15, 0.2) is 0 Å². The fraction of sp³-hybridized carbons (Fsp3) is 0.474. The van der Waals surface area contributed by atoms with Crippen LogP contribution in [0, 0.1) is 13.8 Å². The number of carboxylic acids is 1. The van der Waals surface area contributed by atoms with E-state index in [4.69, 9.17) is 18.7 Å². The van der Waals surface area contributed by atoms with Crippen molar-refractivity contribution in [3.63, 3.8) is 0 Å². The quantitative estimate of drug-likeness (QED) is 0.615. The highest BCUT2D eigenvalue weighted by molar-refractivity contribution is 5.67. The lowest BCUT2D eigenvalue weighted by atomic mass is 10.0. The summed E-state index contributed by atoms with van der Waals surface area (Å²) in [6.45, 7) is 4.29. The van der Waals surface area contributed by atoms with Gasteiger partial charge in [-0.3, -0.25) is 4.79 Å². The molecule has 1 unspecified atom stereocenters. The van der Waals surface area contributed by atoms with Gasteiger partial charge in [-0.1, -0.05) is 6.42 Å². The van der Waals surface area contributed by atoms with E-state index in [1.807, 2.05) is 13.8 Å². The lowest BCUT2D eigenvalue weighted by Gasteiger charge is -2.18. The Balaban J connectivity index is 1.86. The Labute approximate surface area is 152 Å². The molecule has 0 saturated carbocycles. The molecule has 1 atom stereocenters. The molecule has 0 fully saturated rings. The Morgan fingerprint density at radius 2 is 1.81 bits per heavy atom. The Kier molecular flexibility index (Phi) is 7.32. The minimum atomic E-state index is -0.801. The average Bonchev–Trinajstić information content (AvgIpc) is 3.18. The Morgan fingerprint density at radius 1 is 1.08 bits per heavy atom. The smallest absolute Gasteiger partial charge is 0.407 e. The number of hydrogen-bond acceptors (Lipinski definition) is 5. The maximum Gasteiger partial charge on any atom is 0.407 e. The van der Waals surface area contributed by atoms with Crippen molar-refractivity contribution in [3.8, 4) is 0 Å². The van der Waals surface area contributed by atoms with Gasteiger partial charge in [-0.15, -0.1) is 0 Å². The molecule has 0 aliphatic rings. The van der Waals surface area contributed by atoms with Gasteiger partial charge in [0.1, 0.15) is 6.10 Å². The fourth-order valence-electron chi connectivity index (χ4n) is 2.65. The number of amides is 1. The second-order valence-corrected chi connectivity index (χ2v) is 6.32. The van der Waals surface area contributed by atoms with Crippen LogP contribution >= 0.6 is 0 Å². The average molecular weight is 363 g/mol. The Hall–Kier alpha value is -2.70. The van der Waals surface area contributed by atoms with E-state index in [-0.39, 0.29) is 6.42 Å². The zero-order valence-corrected chi connectivity index (χ0v) is 15.1. The lowest BCUT2D eigenvalue weighted by Crippen LogP contribution is -2.27. The van der Waals surface area contributed by atoms with Gasteiger partial charge in [0, 0.05) is 24.9 Å². The first kappa shape index (κ1) is 19.6. The SMILES string of the molecule is Cc1cocc1CC(OC(=O)NCCCCCC(=O)O)c1cocc1C. The number of carboxylic acid groups (broad SMARTS) is 1. The van der Waals surface area contributed by atoms with Crippen molar-refractivity contribution in [1.82, 2.24) is 5.32 Å². The van der Waals surface area contributed by atoms with Crippen molar-refractivity contribution < 1.29 is 28.3 Å². The summed E-state index contributed by atoms with van der Waals surface area (Å²) < 4.78 is 16.0. The van der Waals surface area contributed by atoms with Gasteiger partial charge in [-0.25, -0.2) is 4.79 Å². The van der Waals surface area contributed by atoms with E-state index in [0.29, 0.717) is 25.8 Å². The van der Waals surface area contributed by atoms with Crippen molar-refractivity contribution in [2.75, 3.05) is 6.54 Å². The predicted octanol–water partition coefficient (Wildman–Crippen LogP) is 4.14. The molecule has 7 heteroatoms. The molecule has 2 aromatic rings. The molecule has 0 spiro atoms. The second-order valence-electron chi connectivity index (χ2n) is 6.32. The number of unbranched alkanes of at least 4 members (excludes halogenated alkanes) is 2. The van der Waals surface area contributed by atoms with E-state index >= 15 is 0 Å². The molecule has 0 aromatic carbocycles. The highest BCUT2D eigenvalue weighted by Gasteiger charge is 2.22. The number of alkyl carbamates (subject to hydrolysis) is 1. The van der Waals surface area contributed by atoms with Crippen molar-refractivity contribution >= 4 is 12.1 Å². The number of rotatable bonds is 10. The molecule has 0 aliphatic heterocycles. The summed E-state index contributed by atoms with van der Waals surface area (Å²) in [6.07, 6.45) is 8.24. The molecule has 0 bridgehead atoms. The van der Waals surface area contributed by atoms with Crippen molar-refractivity contribution in [2.24, 2.45) is 0 Å². The van der Waals surface area contributed by atoms with Gasteiger partial charge in [0.25, 0.3) is 0 Å². The van der Waals surface area contributed by atoms with E-state index in [1.165, 1.54) is 0 Å². The molecular weight excluding hydrogens is 338 g/mol. The van der Waals surface area contributed by atoms with Crippen molar-refractivity contribution in [3.05, 3.63) is 47.3 Å². The van der Waals surface area contributed by atoms with Crippen LogP contribution in [0.5, 0.6) is 0 Å². The van der Waals surface area contributed by atoms with Crippen LogP contribution in [0.4, 0.5) is 4.79 Å². The number of aliphatic carboxylic acids is 1. The largest absolute Gasteiger partial charge is 0.481 e. The zero-order chi connectivity index (χ0) is 18.9. The second kappa shape index (κ2) is 9.70. The molecule has 7 nitrogen and oxygen atoms in total. The van der Waals surface area contributed by atoms with E-state index < -0.39 is 18.2 Å². The molecule has 2 aromatic heterocycles. The first-order valence-electron chi connectivity index (χ1n) is 8.68. The summed E-state index contributed by atoms with van der Waals surface area (Å²) in [5.41, 5.74) is 3.70. The van der Waals surface area contributed by atoms with Crippen LogP contribution in [0.15, 0.2) is 33.9 Å². The number of aryl methyl sites for hydroxylation is 2. The monoisotopic (exact) mass is 363 g/mol. The van der Waals surface area contributed by atoms with Crippen LogP contribution in [-0.2, 0) is 16.0 Å². The van der Waals surface area contributed by atoms with E-state index in [0.717, 1.165) is 28.7 Å². The first-order valence-corrected chi connectivity index (χ1v) is 8.68. The Morgan fingerprint density at radius 3 is 2.42 bits per heavy atom. The summed E-state index contributed by atoms with van der Waals surface area (Å²) in [5, 5.41) is 11.3. The summed E-state index contributed by atoms with van der Waals surface area (Å²) in [5.74, 6) is -0.801. The number of furan rings is 2. The third-order valence-corrected chi connectivity index (χ3v) is 4.20. The molecule has 0 aliphatic carbocycles. The standard InChI is InChI=1S/C19H25NO6/c1-13-9-24-11-15(13)8-17(16-12-25-10-14(16)2)26-19(23)20-7-5-3-4-6-18(21)22/h9-12,17H,3-8H2,1-2H3,(H,20,23)(H,21,22). The van der Waals surface area contributed by atoms with Gasteiger partial charge in [-0.05, 0) is 43.4 Å². The number of carbonyl (C=O) groups is 2. The number of ether oxygens (including phenoxy) is 1. The summed E-state index contributed by atoms with van der Waals surface area (Å²) >= 11 is 0. The minimum Gasteiger partial charge on any atom is -0.481 e. The molecule has 1 amide bonds. The van der Waals surface area contributed by atoms with Gasteiger partial charge < -0.3 is 24.0 Å². The van der Waals surface area contributed by atoms with E-state index in [9.17, 15) is 9.59 Å². The molecule has 0 radical (unpaired) electrons. The summed E-state index contributed by atoms with van der Waals surface area (Å²) in [7, 11) is 0. The molecule has 142 valence electrons. The van der Waals surface area contributed by atoms with Crippen LogP contribution < -0.4 is 5.32 Å². The topological polar surface area (TPSA) is 102 Å². The summed E-state index contributed by atoms with van der Waals surface area (Å²) in [6, 6.07) is 0. The Bertz CT molecular complexity index is 717. The molecule has 26 heavy (non-hydrogen) atoms. The molecule has 2 rings (SSSR count). The number of hydrogen-bond donors (Lipinski definition) is 2. The zero-order valence-electron chi connectivity index (χ0n) is 15.1. The third-order valence-electron chi connectivity index (χ3n) is 4.20. The normalized spacial score (nSPS) is 11.9. The highest BCUT2D eigenvalue weighted by atomic mass is 16.6. The lowest BCUT2D eigenvalue weighted by molar-refractivity contribution is -0.137. The van der Waals surface area contributed by atoms with Crippen LogP contribution in [0.1, 0.15) is 54.0 Å². The van der Waals surface area contributed by atoms with Crippen molar-refractivity contribution in [1.29, 1.82) is 0 Å². The summed E-state index contributed by atoms with van der Waals surface area (Å²) in [4.78, 5) is 22.6. The first-order chi connectivity index (χ1) is 12.5. The van der Waals surface area contributed by atoms with Gasteiger partial charge in [-0.2, -0.15) is 0 Å². The van der Waals surface area contributed by atoms with Crippen LogP contribution in [-0.4, -0.2) is 23.7 Å². The highest BCUT2D eigenvalue weighted by Crippen LogP contribution is 2.27. The van der Waals surface area contributed by atoms with Crippen molar-refractivity contribution in [2.45, 2.75) is 52.1 Å². The molecule has 0 saturated heterocycles.